The molecule has 1 aromatic rings. The van der Waals surface area contributed by atoms with Crippen LogP contribution in [0.5, 0.6) is 5.88 Å². The first-order valence-electron chi connectivity index (χ1n) is 6.64. The molecule has 1 aromatic heterocycles. The van der Waals surface area contributed by atoms with Gasteiger partial charge in [0.15, 0.2) is 0 Å². The summed E-state index contributed by atoms with van der Waals surface area (Å²) in [5.74, 6) is 1.91. The van der Waals surface area contributed by atoms with E-state index in [1.807, 2.05) is 0 Å². The summed E-state index contributed by atoms with van der Waals surface area (Å²) in [5.41, 5.74) is 5.33. The second-order valence-electron chi connectivity index (χ2n) is 5.40. The zero-order valence-electron chi connectivity index (χ0n) is 11.5. The second kappa shape index (κ2) is 5.61. The van der Waals surface area contributed by atoms with Crippen molar-refractivity contribution in [1.82, 2.24) is 9.97 Å². The van der Waals surface area contributed by atoms with Gasteiger partial charge in [-0.05, 0) is 31.6 Å². The molecule has 106 valence electrons. The van der Waals surface area contributed by atoms with Gasteiger partial charge in [0.1, 0.15) is 5.82 Å². The fourth-order valence-electron chi connectivity index (χ4n) is 2.52. The van der Waals surface area contributed by atoms with Crippen molar-refractivity contribution in [2.75, 3.05) is 24.8 Å². The summed E-state index contributed by atoms with van der Waals surface area (Å²) in [5, 5.41) is 13.0. The molecule has 2 rings (SSSR count). The number of aliphatic hydroxyl groups is 1. The second-order valence-corrected chi connectivity index (χ2v) is 5.40. The van der Waals surface area contributed by atoms with E-state index < -0.39 is 0 Å². The van der Waals surface area contributed by atoms with Crippen molar-refractivity contribution >= 4 is 11.8 Å². The molecule has 0 spiro atoms. The number of nitrogens with one attached hydrogen (secondary N) is 1. The number of nitrogen functional groups attached to an aromatic ring is 1. The van der Waals surface area contributed by atoms with Crippen molar-refractivity contribution in [3.05, 3.63) is 6.07 Å². The Morgan fingerprint density at radius 1 is 1.47 bits per heavy atom. The van der Waals surface area contributed by atoms with Crippen LogP contribution in [0.3, 0.4) is 0 Å². The first kappa shape index (κ1) is 13.9. The van der Waals surface area contributed by atoms with E-state index in [4.69, 9.17) is 10.5 Å². The lowest BCUT2D eigenvalue weighted by molar-refractivity contribution is 0.155. The Hall–Kier alpha value is -1.56. The number of aromatic nitrogens is 2. The van der Waals surface area contributed by atoms with Crippen LogP contribution in [0.4, 0.5) is 11.8 Å². The quantitative estimate of drug-likeness (QED) is 0.763. The van der Waals surface area contributed by atoms with Crippen LogP contribution in [0.15, 0.2) is 6.07 Å². The third kappa shape index (κ3) is 3.26. The molecule has 0 aromatic carbocycles. The Bertz CT molecular complexity index is 431. The highest BCUT2D eigenvalue weighted by atomic mass is 16.5. The predicted molar refractivity (Wildman–Crippen MR) is 74.1 cm³/mol. The van der Waals surface area contributed by atoms with Gasteiger partial charge in [-0.15, -0.1) is 0 Å². The Morgan fingerprint density at radius 2 is 2.16 bits per heavy atom. The summed E-state index contributed by atoms with van der Waals surface area (Å²) in [6, 6.07) is 1.70. The van der Waals surface area contributed by atoms with Gasteiger partial charge in [-0.1, -0.05) is 6.92 Å². The van der Waals surface area contributed by atoms with E-state index in [-0.39, 0.29) is 18.1 Å². The first-order valence-corrected chi connectivity index (χ1v) is 6.64. The lowest BCUT2D eigenvalue weighted by atomic mass is 9.77. The number of nitrogens with two attached hydrogens (primary N) is 1. The van der Waals surface area contributed by atoms with Crippen LogP contribution in [0.1, 0.15) is 32.6 Å². The highest BCUT2D eigenvalue weighted by Gasteiger charge is 2.34. The standard InChI is InChI=1S/C13H22N4O2/c1-9-3-5-13(8-18,6-4-9)17-10-7-11(19-2)16-12(14)15-10/h7,9,18H,3-6,8H2,1-2H3,(H3,14,15,16,17). The van der Waals surface area contributed by atoms with Gasteiger partial charge in [0, 0.05) is 6.07 Å². The number of anilines is 2. The molecule has 1 saturated carbocycles. The number of nitrogens with zero attached hydrogens (tertiary/aromatic N) is 2. The van der Waals surface area contributed by atoms with Crippen LogP contribution < -0.4 is 15.8 Å². The Kier molecular flexibility index (Phi) is 4.09. The Morgan fingerprint density at radius 3 is 2.74 bits per heavy atom. The maximum Gasteiger partial charge on any atom is 0.225 e. The van der Waals surface area contributed by atoms with E-state index in [1.165, 1.54) is 7.11 Å². The molecule has 1 heterocycles. The van der Waals surface area contributed by atoms with Gasteiger partial charge in [0.2, 0.25) is 11.8 Å². The van der Waals surface area contributed by atoms with Gasteiger partial charge < -0.3 is 20.9 Å². The molecule has 0 radical (unpaired) electrons. The topological polar surface area (TPSA) is 93.3 Å². The Balaban J connectivity index is 2.16. The molecule has 19 heavy (non-hydrogen) atoms. The van der Waals surface area contributed by atoms with Crippen LogP contribution in [0, 0.1) is 5.92 Å². The molecular formula is C13H22N4O2. The molecule has 0 saturated heterocycles. The lowest BCUT2D eigenvalue weighted by Gasteiger charge is -2.39. The van der Waals surface area contributed by atoms with E-state index in [0.717, 1.165) is 25.7 Å². The molecule has 0 atom stereocenters. The normalized spacial score (nSPS) is 27.0. The van der Waals surface area contributed by atoms with Gasteiger partial charge in [0.25, 0.3) is 0 Å². The minimum atomic E-state index is -0.307. The molecule has 1 aliphatic carbocycles. The number of hydrogen-bond acceptors (Lipinski definition) is 6. The average molecular weight is 266 g/mol. The summed E-state index contributed by atoms with van der Waals surface area (Å²) in [6.45, 7) is 2.33. The fraction of sp³-hybridized carbons (Fsp3) is 0.692. The van der Waals surface area contributed by atoms with Crippen LogP contribution in [0.25, 0.3) is 0 Å². The molecular weight excluding hydrogens is 244 g/mol. The third-order valence-corrected chi connectivity index (χ3v) is 3.86. The number of hydrogen-bond donors (Lipinski definition) is 3. The molecule has 1 fully saturated rings. The SMILES string of the molecule is COc1cc(NC2(CO)CCC(C)CC2)nc(N)n1. The summed E-state index contributed by atoms with van der Waals surface area (Å²) < 4.78 is 5.07. The van der Waals surface area contributed by atoms with Gasteiger partial charge in [-0.2, -0.15) is 9.97 Å². The van der Waals surface area contributed by atoms with Crippen LogP contribution in [-0.4, -0.2) is 34.3 Å². The molecule has 0 bridgehead atoms. The van der Waals surface area contributed by atoms with Crippen molar-refractivity contribution in [3.8, 4) is 5.88 Å². The number of aliphatic hydroxyl groups excluding tert-OH is 1. The van der Waals surface area contributed by atoms with Crippen LogP contribution >= 0.6 is 0 Å². The van der Waals surface area contributed by atoms with E-state index in [9.17, 15) is 5.11 Å². The predicted octanol–water partition coefficient (Wildman–Crippen LogP) is 1.42. The highest BCUT2D eigenvalue weighted by Crippen LogP contribution is 2.34. The third-order valence-electron chi connectivity index (χ3n) is 3.86. The first-order chi connectivity index (χ1) is 9.07. The van der Waals surface area contributed by atoms with Crippen LogP contribution in [-0.2, 0) is 0 Å². The van der Waals surface area contributed by atoms with Gasteiger partial charge >= 0.3 is 0 Å². The number of ether oxygens (including phenoxy) is 1. The summed E-state index contributed by atoms with van der Waals surface area (Å²) in [6.07, 6.45) is 4.06. The summed E-state index contributed by atoms with van der Waals surface area (Å²) in [4.78, 5) is 8.10. The van der Waals surface area contributed by atoms with E-state index >= 15 is 0 Å². The van der Waals surface area contributed by atoms with Crippen molar-refractivity contribution in [2.45, 2.75) is 38.1 Å². The number of methoxy groups -OCH3 is 1. The van der Waals surface area contributed by atoms with Crippen LogP contribution in [0.2, 0.25) is 0 Å². The van der Waals surface area contributed by atoms with Gasteiger partial charge in [0.05, 0.1) is 19.3 Å². The van der Waals surface area contributed by atoms with E-state index in [0.29, 0.717) is 17.6 Å². The molecule has 6 nitrogen and oxygen atoms in total. The lowest BCUT2D eigenvalue weighted by Crippen LogP contribution is -2.45. The maximum absolute atomic E-state index is 9.72. The fourth-order valence-corrected chi connectivity index (χ4v) is 2.52. The highest BCUT2D eigenvalue weighted by molar-refractivity contribution is 5.45. The van der Waals surface area contributed by atoms with Gasteiger partial charge in [-0.25, -0.2) is 0 Å². The molecule has 1 aliphatic rings. The maximum atomic E-state index is 9.72. The van der Waals surface area contributed by atoms with Crippen molar-refractivity contribution < 1.29 is 9.84 Å². The summed E-state index contributed by atoms with van der Waals surface area (Å²) >= 11 is 0. The monoisotopic (exact) mass is 266 g/mol. The van der Waals surface area contributed by atoms with Crippen molar-refractivity contribution in [1.29, 1.82) is 0 Å². The zero-order chi connectivity index (χ0) is 13.9. The zero-order valence-corrected chi connectivity index (χ0v) is 11.5. The molecule has 6 heteroatoms. The Labute approximate surface area is 113 Å². The molecule has 4 N–H and O–H groups in total. The molecule has 0 unspecified atom stereocenters. The smallest absolute Gasteiger partial charge is 0.225 e. The van der Waals surface area contributed by atoms with E-state index in [2.05, 4.69) is 22.2 Å². The number of rotatable bonds is 4. The van der Waals surface area contributed by atoms with Crippen molar-refractivity contribution in [2.24, 2.45) is 5.92 Å². The summed E-state index contributed by atoms with van der Waals surface area (Å²) in [7, 11) is 1.54. The largest absolute Gasteiger partial charge is 0.481 e. The van der Waals surface area contributed by atoms with Crippen molar-refractivity contribution in [3.63, 3.8) is 0 Å². The van der Waals surface area contributed by atoms with Gasteiger partial charge in [-0.3, -0.25) is 0 Å². The molecule has 0 amide bonds. The average Bonchev–Trinajstić information content (AvgIpc) is 2.41. The minimum Gasteiger partial charge on any atom is -0.481 e. The molecule has 0 aliphatic heterocycles. The van der Waals surface area contributed by atoms with E-state index in [1.54, 1.807) is 6.07 Å². The minimum absolute atomic E-state index is 0.0892.